The van der Waals surface area contributed by atoms with Crippen molar-refractivity contribution in [2.75, 3.05) is 7.11 Å². The van der Waals surface area contributed by atoms with Crippen molar-refractivity contribution in [1.29, 1.82) is 0 Å². The number of fused-ring (bicyclic) bond motifs is 1. The summed E-state index contributed by atoms with van der Waals surface area (Å²) in [5.41, 5.74) is 11.6. The maximum Gasteiger partial charge on any atom is 0.122 e. The lowest BCUT2D eigenvalue weighted by Gasteiger charge is -2.26. The third-order valence-electron chi connectivity index (χ3n) is 4.34. The van der Waals surface area contributed by atoms with Crippen molar-refractivity contribution in [2.45, 2.75) is 31.7 Å². The standard InChI is InChI=1S/C18H21NO/c1-13-7-8-17(20-2)15(11-13)12-18(19)10-9-14-5-3-4-6-16(14)18/h3-8,11H,9-10,12,19H2,1-2H3. The van der Waals surface area contributed by atoms with Crippen molar-refractivity contribution in [2.24, 2.45) is 5.73 Å². The van der Waals surface area contributed by atoms with Crippen molar-refractivity contribution in [1.82, 2.24) is 0 Å². The molecule has 104 valence electrons. The predicted molar refractivity (Wildman–Crippen MR) is 82.1 cm³/mol. The van der Waals surface area contributed by atoms with Gasteiger partial charge in [-0.05, 0) is 48.9 Å². The summed E-state index contributed by atoms with van der Waals surface area (Å²) in [5, 5.41) is 0. The molecule has 2 N–H and O–H groups in total. The Hall–Kier alpha value is -1.80. The van der Waals surface area contributed by atoms with Crippen LogP contribution in [0.1, 0.15) is 28.7 Å². The molecule has 0 radical (unpaired) electrons. The van der Waals surface area contributed by atoms with E-state index in [1.165, 1.54) is 22.3 Å². The Bertz CT molecular complexity index is 635. The zero-order valence-electron chi connectivity index (χ0n) is 12.1. The molecule has 1 unspecified atom stereocenters. The summed E-state index contributed by atoms with van der Waals surface area (Å²) in [6, 6.07) is 14.8. The number of rotatable bonds is 3. The second kappa shape index (κ2) is 4.95. The van der Waals surface area contributed by atoms with Gasteiger partial charge in [-0.15, -0.1) is 0 Å². The minimum Gasteiger partial charge on any atom is -0.496 e. The molecule has 0 bridgehead atoms. The fraction of sp³-hybridized carbons (Fsp3) is 0.333. The van der Waals surface area contributed by atoms with Crippen LogP contribution in [0.2, 0.25) is 0 Å². The van der Waals surface area contributed by atoms with E-state index in [-0.39, 0.29) is 5.54 Å². The molecule has 2 aromatic rings. The van der Waals surface area contributed by atoms with Crippen LogP contribution in [0.4, 0.5) is 0 Å². The first-order valence-corrected chi connectivity index (χ1v) is 7.13. The molecule has 0 aliphatic heterocycles. The molecule has 2 nitrogen and oxygen atoms in total. The van der Waals surface area contributed by atoms with Crippen molar-refractivity contribution >= 4 is 0 Å². The Kier molecular flexibility index (Phi) is 3.27. The summed E-state index contributed by atoms with van der Waals surface area (Å²) in [4.78, 5) is 0. The number of benzene rings is 2. The van der Waals surface area contributed by atoms with Gasteiger partial charge in [0.2, 0.25) is 0 Å². The van der Waals surface area contributed by atoms with Gasteiger partial charge in [-0.2, -0.15) is 0 Å². The van der Waals surface area contributed by atoms with Crippen LogP contribution in [0.5, 0.6) is 5.75 Å². The van der Waals surface area contributed by atoms with E-state index in [1.54, 1.807) is 7.11 Å². The van der Waals surface area contributed by atoms with Gasteiger partial charge >= 0.3 is 0 Å². The lowest BCUT2D eigenvalue weighted by Crippen LogP contribution is -2.36. The number of methoxy groups -OCH3 is 1. The quantitative estimate of drug-likeness (QED) is 0.925. The van der Waals surface area contributed by atoms with Crippen LogP contribution >= 0.6 is 0 Å². The average Bonchev–Trinajstić information content (AvgIpc) is 2.77. The maximum absolute atomic E-state index is 6.72. The maximum atomic E-state index is 6.72. The predicted octanol–water partition coefficient (Wildman–Crippen LogP) is 3.35. The Morgan fingerprint density at radius 2 is 2.00 bits per heavy atom. The number of hydrogen-bond acceptors (Lipinski definition) is 2. The minimum absolute atomic E-state index is 0.266. The molecule has 0 aromatic heterocycles. The van der Waals surface area contributed by atoms with Gasteiger partial charge in [0.05, 0.1) is 7.11 Å². The van der Waals surface area contributed by atoms with Gasteiger partial charge in [-0.1, -0.05) is 42.0 Å². The highest BCUT2D eigenvalue weighted by Gasteiger charge is 2.35. The first-order valence-electron chi connectivity index (χ1n) is 7.13. The second-order valence-corrected chi connectivity index (χ2v) is 5.81. The van der Waals surface area contributed by atoms with E-state index in [0.717, 1.165) is 25.0 Å². The normalized spacial score (nSPS) is 20.8. The highest BCUT2D eigenvalue weighted by molar-refractivity contribution is 5.43. The van der Waals surface area contributed by atoms with Crippen LogP contribution in [-0.2, 0) is 18.4 Å². The highest BCUT2D eigenvalue weighted by atomic mass is 16.5. The zero-order chi connectivity index (χ0) is 14.2. The Labute approximate surface area is 120 Å². The highest BCUT2D eigenvalue weighted by Crippen LogP contribution is 2.38. The van der Waals surface area contributed by atoms with Crippen molar-refractivity contribution in [3.63, 3.8) is 0 Å². The Morgan fingerprint density at radius 1 is 1.20 bits per heavy atom. The lowest BCUT2D eigenvalue weighted by molar-refractivity contribution is 0.391. The topological polar surface area (TPSA) is 35.2 Å². The molecular weight excluding hydrogens is 246 g/mol. The molecule has 0 saturated heterocycles. The third kappa shape index (κ3) is 2.20. The summed E-state index contributed by atoms with van der Waals surface area (Å²) in [6.07, 6.45) is 2.90. The molecule has 2 heteroatoms. The summed E-state index contributed by atoms with van der Waals surface area (Å²) in [7, 11) is 1.72. The Morgan fingerprint density at radius 3 is 2.80 bits per heavy atom. The fourth-order valence-electron chi connectivity index (χ4n) is 3.29. The molecule has 0 spiro atoms. The SMILES string of the molecule is COc1ccc(C)cc1CC1(N)CCc2ccccc21. The van der Waals surface area contributed by atoms with E-state index in [0.29, 0.717) is 0 Å². The monoisotopic (exact) mass is 267 g/mol. The summed E-state index contributed by atoms with van der Waals surface area (Å²) >= 11 is 0. The number of nitrogens with two attached hydrogens (primary N) is 1. The van der Waals surface area contributed by atoms with Gasteiger partial charge in [-0.25, -0.2) is 0 Å². The van der Waals surface area contributed by atoms with Crippen LogP contribution in [0.15, 0.2) is 42.5 Å². The van der Waals surface area contributed by atoms with Gasteiger partial charge in [0.15, 0.2) is 0 Å². The zero-order valence-corrected chi connectivity index (χ0v) is 12.1. The molecule has 3 rings (SSSR count). The summed E-state index contributed by atoms with van der Waals surface area (Å²) in [5.74, 6) is 0.935. The van der Waals surface area contributed by atoms with Crippen LogP contribution in [-0.4, -0.2) is 7.11 Å². The van der Waals surface area contributed by atoms with Crippen LogP contribution in [0.3, 0.4) is 0 Å². The molecule has 0 fully saturated rings. The van der Waals surface area contributed by atoms with Gasteiger partial charge in [0.25, 0.3) is 0 Å². The number of ether oxygens (including phenoxy) is 1. The average molecular weight is 267 g/mol. The molecule has 20 heavy (non-hydrogen) atoms. The van der Waals surface area contributed by atoms with Crippen LogP contribution in [0.25, 0.3) is 0 Å². The first kappa shape index (κ1) is 13.2. The third-order valence-corrected chi connectivity index (χ3v) is 4.34. The molecule has 1 aliphatic rings. The fourth-order valence-corrected chi connectivity index (χ4v) is 3.29. The molecule has 0 amide bonds. The van der Waals surface area contributed by atoms with Crippen molar-refractivity contribution < 1.29 is 4.74 Å². The summed E-state index contributed by atoms with van der Waals surface area (Å²) in [6.45, 7) is 2.11. The number of aryl methyl sites for hydroxylation is 2. The smallest absolute Gasteiger partial charge is 0.122 e. The molecule has 0 heterocycles. The van der Waals surface area contributed by atoms with E-state index in [1.807, 2.05) is 6.07 Å². The van der Waals surface area contributed by atoms with E-state index in [2.05, 4.69) is 43.3 Å². The minimum atomic E-state index is -0.266. The van der Waals surface area contributed by atoms with Crippen LogP contribution < -0.4 is 10.5 Å². The molecule has 1 aliphatic carbocycles. The largest absolute Gasteiger partial charge is 0.496 e. The van der Waals surface area contributed by atoms with Gasteiger partial charge in [0.1, 0.15) is 5.75 Å². The van der Waals surface area contributed by atoms with E-state index >= 15 is 0 Å². The Balaban J connectivity index is 1.98. The van der Waals surface area contributed by atoms with Crippen molar-refractivity contribution in [3.05, 3.63) is 64.7 Å². The number of hydrogen-bond donors (Lipinski definition) is 1. The van der Waals surface area contributed by atoms with E-state index in [9.17, 15) is 0 Å². The van der Waals surface area contributed by atoms with Gasteiger partial charge in [0, 0.05) is 5.54 Å². The molecule has 1 atom stereocenters. The second-order valence-electron chi connectivity index (χ2n) is 5.81. The van der Waals surface area contributed by atoms with Gasteiger partial charge in [-0.3, -0.25) is 0 Å². The lowest BCUT2D eigenvalue weighted by atomic mass is 9.85. The van der Waals surface area contributed by atoms with Crippen LogP contribution in [0, 0.1) is 6.92 Å². The van der Waals surface area contributed by atoms with Crippen molar-refractivity contribution in [3.8, 4) is 5.75 Å². The molecule has 0 saturated carbocycles. The first-order chi connectivity index (χ1) is 9.62. The van der Waals surface area contributed by atoms with E-state index < -0.39 is 0 Å². The molecular formula is C18H21NO. The summed E-state index contributed by atoms with van der Waals surface area (Å²) < 4.78 is 5.49. The molecule has 2 aromatic carbocycles. The van der Waals surface area contributed by atoms with Gasteiger partial charge < -0.3 is 10.5 Å². The van der Waals surface area contributed by atoms with E-state index in [4.69, 9.17) is 10.5 Å².